The van der Waals surface area contributed by atoms with Gasteiger partial charge in [0.1, 0.15) is 5.82 Å². The molecule has 15 heavy (non-hydrogen) atoms. The number of hydrogen-bond acceptors (Lipinski definition) is 1. The van der Waals surface area contributed by atoms with Crippen LogP contribution in [-0.4, -0.2) is 4.98 Å². The fourth-order valence-electron chi connectivity index (χ4n) is 1.31. The number of rotatable bonds is 1. The Morgan fingerprint density at radius 1 is 1.20 bits per heavy atom. The van der Waals surface area contributed by atoms with Crippen molar-refractivity contribution in [3.63, 3.8) is 0 Å². The molecule has 0 aliphatic rings. The van der Waals surface area contributed by atoms with Gasteiger partial charge in [-0.05, 0) is 30.3 Å². The van der Waals surface area contributed by atoms with Crippen LogP contribution in [0.1, 0.15) is 0 Å². The maximum atomic E-state index is 12.8. The van der Waals surface area contributed by atoms with Crippen molar-refractivity contribution in [1.82, 2.24) is 4.98 Å². The molecule has 1 nitrogen and oxygen atoms in total. The van der Waals surface area contributed by atoms with E-state index in [1.54, 1.807) is 24.4 Å². The first kappa shape index (κ1) is 10.3. The number of nitrogens with one attached hydrogen (secondary N) is 1. The zero-order chi connectivity index (χ0) is 10.8. The molecule has 0 atom stereocenters. The Kier molecular flexibility index (Phi) is 2.84. The van der Waals surface area contributed by atoms with Crippen molar-refractivity contribution in [3.8, 4) is 11.3 Å². The van der Waals surface area contributed by atoms with Crippen molar-refractivity contribution in [2.24, 2.45) is 0 Å². The van der Waals surface area contributed by atoms with Gasteiger partial charge in [-0.1, -0.05) is 23.8 Å². The standard InChI is InChI=1S/C11H7ClFNS/c12-10-5-7(13)1-2-9(10)11-6-8(15)3-4-14-11/h1-6H,(H,14,15). The van der Waals surface area contributed by atoms with E-state index in [1.165, 1.54) is 12.1 Å². The molecule has 2 rings (SSSR count). The Bertz CT molecular complexity index is 550. The van der Waals surface area contributed by atoms with Crippen molar-refractivity contribution in [2.75, 3.05) is 0 Å². The molecule has 0 bridgehead atoms. The largest absolute Gasteiger partial charge is 0.361 e. The molecular weight excluding hydrogens is 233 g/mol. The van der Waals surface area contributed by atoms with Crippen molar-refractivity contribution < 1.29 is 4.39 Å². The van der Waals surface area contributed by atoms with Gasteiger partial charge in [-0.2, -0.15) is 0 Å². The monoisotopic (exact) mass is 239 g/mol. The molecule has 0 aliphatic heterocycles. The minimum absolute atomic E-state index is 0.349. The molecule has 0 spiro atoms. The summed E-state index contributed by atoms with van der Waals surface area (Å²) in [6.45, 7) is 0. The van der Waals surface area contributed by atoms with E-state index in [0.717, 1.165) is 11.3 Å². The van der Waals surface area contributed by atoms with Crippen molar-refractivity contribution in [1.29, 1.82) is 0 Å². The average Bonchev–Trinajstić information content (AvgIpc) is 2.17. The summed E-state index contributed by atoms with van der Waals surface area (Å²) in [4.78, 5) is 3.01. The second kappa shape index (κ2) is 4.13. The van der Waals surface area contributed by atoms with Crippen molar-refractivity contribution >= 4 is 23.8 Å². The second-order valence-corrected chi connectivity index (χ2v) is 3.94. The average molecular weight is 240 g/mol. The fraction of sp³-hybridized carbons (Fsp3) is 0. The zero-order valence-corrected chi connectivity index (χ0v) is 9.20. The van der Waals surface area contributed by atoms with E-state index >= 15 is 0 Å². The number of aromatic amines is 1. The second-order valence-electron chi connectivity index (χ2n) is 3.06. The van der Waals surface area contributed by atoms with Crippen LogP contribution in [-0.2, 0) is 0 Å². The minimum Gasteiger partial charge on any atom is -0.361 e. The van der Waals surface area contributed by atoms with Crippen LogP contribution in [0.3, 0.4) is 0 Å². The Morgan fingerprint density at radius 3 is 2.67 bits per heavy atom. The Hall–Kier alpha value is -1.19. The van der Waals surface area contributed by atoms with E-state index in [4.69, 9.17) is 23.8 Å². The first-order valence-electron chi connectivity index (χ1n) is 4.31. The molecule has 0 fully saturated rings. The third-order valence-electron chi connectivity index (χ3n) is 1.99. The highest BCUT2D eigenvalue weighted by Crippen LogP contribution is 2.26. The third-order valence-corrected chi connectivity index (χ3v) is 2.56. The van der Waals surface area contributed by atoms with Gasteiger partial charge in [0.05, 0.1) is 5.02 Å². The van der Waals surface area contributed by atoms with Crippen molar-refractivity contribution in [3.05, 3.63) is 51.9 Å². The van der Waals surface area contributed by atoms with Gasteiger partial charge in [0, 0.05) is 22.0 Å². The van der Waals surface area contributed by atoms with Crippen LogP contribution in [0.2, 0.25) is 5.02 Å². The maximum Gasteiger partial charge on any atom is 0.124 e. The Morgan fingerprint density at radius 2 is 2.00 bits per heavy atom. The lowest BCUT2D eigenvalue weighted by atomic mass is 10.1. The molecule has 0 aliphatic carbocycles. The first-order valence-corrected chi connectivity index (χ1v) is 5.09. The summed E-state index contributed by atoms with van der Waals surface area (Å²) >= 11 is 11.0. The molecule has 1 heterocycles. The SMILES string of the molecule is Fc1ccc(-c2cc(=S)cc[nH]2)c(Cl)c1. The van der Waals surface area contributed by atoms with Gasteiger partial charge in [-0.15, -0.1) is 0 Å². The van der Waals surface area contributed by atoms with Crippen molar-refractivity contribution in [2.45, 2.75) is 0 Å². The van der Waals surface area contributed by atoms with E-state index in [1.807, 2.05) is 0 Å². The summed E-state index contributed by atoms with van der Waals surface area (Å²) < 4.78 is 13.5. The number of benzene rings is 1. The van der Waals surface area contributed by atoms with E-state index < -0.39 is 0 Å². The molecule has 4 heteroatoms. The van der Waals surface area contributed by atoms with Gasteiger partial charge in [0.15, 0.2) is 0 Å². The quantitative estimate of drug-likeness (QED) is 0.738. The number of H-pyrrole nitrogens is 1. The molecule has 2 aromatic rings. The molecule has 0 saturated carbocycles. The lowest BCUT2D eigenvalue weighted by Gasteiger charge is -2.04. The Balaban J connectivity index is 2.59. The van der Waals surface area contributed by atoms with Crippen LogP contribution < -0.4 is 0 Å². The molecule has 0 radical (unpaired) electrons. The fourth-order valence-corrected chi connectivity index (χ4v) is 1.76. The number of halogens is 2. The van der Waals surface area contributed by atoms with Crippen LogP contribution in [0.25, 0.3) is 11.3 Å². The smallest absolute Gasteiger partial charge is 0.124 e. The normalized spacial score (nSPS) is 10.3. The molecule has 1 aromatic carbocycles. The molecule has 0 saturated heterocycles. The third kappa shape index (κ3) is 2.25. The van der Waals surface area contributed by atoms with E-state index in [2.05, 4.69) is 4.98 Å². The molecule has 0 amide bonds. The summed E-state index contributed by atoms with van der Waals surface area (Å²) in [6.07, 6.45) is 1.73. The number of aromatic nitrogens is 1. The van der Waals surface area contributed by atoms with Crippen LogP contribution in [0.15, 0.2) is 36.5 Å². The molecular formula is C11H7ClFNS. The summed E-state index contributed by atoms with van der Waals surface area (Å²) in [6, 6.07) is 7.83. The minimum atomic E-state index is -0.349. The van der Waals surface area contributed by atoms with E-state index in [-0.39, 0.29) is 5.82 Å². The van der Waals surface area contributed by atoms with Gasteiger partial charge >= 0.3 is 0 Å². The van der Waals surface area contributed by atoms with E-state index in [0.29, 0.717) is 9.53 Å². The topological polar surface area (TPSA) is 15.8 Å². The first-order chi connectivity index (χ1) is 7.16. The Labute approximate surface area is 96.5 Å². The zero-order valence-electron chi connectivity index (χ0n) is 7.63. The van der Waals surface area contributed by atoms with Gasteiger partial charge in [0.2, 0.25) is 0 Å². The van der Waals surface area contributed by atoms with Gasteiger partial charge < -0.3 is 4.98 Å². The summed E-state index contributed by atoms with van der Waals surface area (Å²) in [5.74, 6) is -0.349. The number of hydrogen-bond donors (Lipinski definition) is 1. The maximum absolute atomic E-state index is 12.8. The highest BCUT2D eigenvalue weighted by atomic mass is 35.5. The lowest BCUT2D eigenvalue weighted by molar-refractivity contribution is 0.628. The van der Waals surface area contributed by atoms with Gasteiger partial charge in [-0.3, -0.25) is 0 Å². The molecule has 76 valence electrons. The summed E-state index contributed by atoms with van der Waals surface area (Å²) in [5, 5.41) is 0.367. The summed E-state index contributed by atoms with van der Waals surface area (Å²) in [5.41, 5.74) is 1.53. The van der Waals surface area contributed by atoms with Crippen LogP contribution in [0.4, 0.5) is 4.39 Å². The number of pyridine rings is 1. The lowest BCUT2D eigenvalue weighted by Crippen LogP contribution is -1.85. The highest BCUT2D eigenvalue weighted by Gasteiger charge is 2.04. The molecule has 0 unspecified atom stereocenters. The van der Waals surface area contributed by atoms with Crippen LogP contribution in [0.5, 0.6) is 0 Å². The van der Waals surface area contributed by atoms with Crippen LogP contribution in [0, 0.1) is 10.3 Å². The molecule has 1 N–H and O–H groups in total. The van der Waals surface area contributed by atoms with E-state index in [9.17, 15) is 4.39 Å². The van der Waals surface area contributed by atoms with Gasteiger partial charge in [0.25, 0.3) is 0 Å². The van der Waals surface area contributed by atoms with Gasteiger partial charge in [-0.25, -0.2) is 4.39 Å². The predicted molar refractivity (Wildman–Crippen MR) is 62.0 cm³/mol. The summed E-state index contributed by atoms with van der Waals surface area (Å²) in [7, 11) is 0. The van der Waals surface area contributed by atoms with Crippen LogP contribution >= 0.6 is 23.8 Å². The highest BCUT2D eigenvalue weighted by molar-refractivity contribution is 7.71. The molecule has 1 aromatic heterocycles. The predicted octanol–water partition coefficient (Wildman–Crippen LogP) is 4.20.